The van der Waals surface area contributed by atoms with Crippen LogP contribution in [0.4, 0.5) is 13.2 Å². The summed E-state index contributed by atoms with van der Waals surface area (Å²) in [5, 5.41) is 0. The maximum absolute atomic E-state index is 12.8. The summed E-state index contributed by atoms with van der Waals surface area (Å²) in [4.78, 5) is 13.4. The molecule has 25 heavy (non-hydrogen) atoms. The third-order valence-corrected chi connectivity index (χ3v) is 5.01. The average Bonchev–Trinajstić information content (AvgIpc) is 3.33. The largest absolute Gasteiger partial charge is 0.433 e. The van der Waals surface area contributed by atoms with Crippen LogP contribution in [0.3, 0.4) is 0 Å². The highest BCUT2D eigenvalue weighted by Crippen LogP contribution is 2.42. The van der Waals surface area contributed by atoms with Crippen LogP contribution in [0.1, 0.15) is 36.9 Å². The predicted octanol–water partition coefficient (Wildman–Crippen LogP) is 4.80. The molecule has 0 aromatic carbocycles. The minimum absolute atomic E-state index is 0.206. The van der Waals surface area contributed by atoms with Gasteiger partial charge in [0.05, 0.1) is 0 Å². The van der Waals surface area contributed by atoms with E-state index in [1.165, 1.54) is 22.8 Å². The molecule has 0 N–H and O–H groups in total. The number of thioether (sulfide) groups is 1. The van der Waals surface area contributed by atoms with E-state index in [9.17, 15) is 13.2 Å². The number of pyridine rings is 1. The zero-order valence-corrected chi connectivity index (χ0v) is 14.2. The number of alkyl halides is 3. The second kappa shape index (κ2) is 6.01. The van der Waals surface area contributed by atoms with Gasteiger partial charge in [0.15, 0.2) is 0 Å². The molecule has 0 spiro atoms. The first-order valence-corrected chi connectivity index (χ1v) is 8.99. The van der Waals surface area contributed by atoms with E-state index < -0.39 is 11.9 Å². The fraction of sp³-hybridized carbons (Fsp3) is 0.353. The maximum Gasteiger partial charge on any atom is 0.433 e. The van der Waals surface area contributed by atoms with Gasteiger partial charge in [-0.2, -0.15) is 13.2 Å². The molecule has 0 aliphatic heterocycles. The number of rotatable bonds is 4. The summed E-state index contributed by atoms with van der Waals surface area (Å²) < 4.78 is 39.9. The fourth-order valence-electron chi connectivity index (χ4n) is 2.72. The van der Waals surface area contributed by atoms with Crippen molar-refractivity contribution >= 4 is 17.4 Å². The van der Waals surface area contributed by atoms with Crippen molar-refractivity contribution in [3.8, 4) is 11.4 Å². The van der Waals surface area contributed by atoms with Crippen molar-refractivity contribution in [2.75, 3.05) is 5.75 Å². The lowest BCUT2D eigenvalue weighted by Gasteiger charge is -2.07. The van der Waals surface area contributed by atoms with E-state index in [0.717, 1.165) is 23.0 Å². The van der Waals surface area contributed by atoms with Gasteiger partial charge in [0.25, 0.3) is 0 Å². The molecule has 4 nitrogen and oxygen atoms in total. The van der Waals surface area contributed by atoms with Crippen molar-refractivity contribution in [1.82, 2.24) is 19.4 Å². The SMILES string of the molecule is CCSc1cc(C2CC2)cnc1-c1cn2cnc(C(F)(F)F)cc2n1. The molecular weight excluding hydrogens is 349 g/mol. The summed E-state index contributed by atoms with van der Waals surface area (Å²) in [7, 11) is 0. The summed E-state index contributed by atoms with van der Waals surface area (Å²) in [5.74, 6) is 1.48. The van der Waals surface area contributed by atoms with Gasteiger partial charge in [0, 0.05) is 23.4 Å². The standard InChI is InChI=1S/C17H15F3N4S/c1-2-25-13-5-11(10-3-4-10)7-21-16(13)12-8-24-9-22-14(17(18,19)20)6-15(24)23-12/h5-10H,2-4H2,1H3. The van der Waals surface area contributed by atoms with Crippen molar-refractivity contribution in [1.29, 1.82) is 0 Å². The maximum atomic E-state index is 12.8. The van der Waals surface area contributed by atoms with Gasteiger partial charge >= 0.3 is 6.18 Å². The van der Waals surface area contributed by atoms with Crippen molar-refractivity contribution in [3.05, 3.63) is 42.1 Å². The molecule has 130 valence electrons. The monoisotopic (exact) mass is 364 g/mol. The molecule has 1 aliphatic carbocycles. The topological polar surface area (TPSA) is 43.1 Å². The molecule has 1 saturated carbocycles. The Morgan fingerprint density at radius 1 is 1.24 bits per heavy atom. The molecule has 0 bridgehead atoms. The molecular formula is C17H15F3N4S. The van der Waals surface area contributed by atoms with Crippen molar-refractivity contribution in [3.63, 3.8) is 0 Å². The smallest absolute Gasteiger partial charge is 0.290 e. The van der Waals surface area contributed by atoms with Crippen LogP contribution in [0.5, 0.6) is 0 Å². The molecule has 1 aliphatic rings. The van der Waals surface area contributed by atoms with Crippen LogP contribution < -0.4 is 0 Å². The number of nitrogens with zero attached hydrogens (tertiary/aromatic N) is 4. The summed E-state index contributed by atoms with van der Waals surface area (Å²) in [6, 6.07) is 3.09. The summed E-state index contributed by atoms with van der Waals surface area (Å²) in [6.07, 6.45) is 2.56. The first-order valence-electron chi connectivity index (χ1n) is 8.00. The van der Waals surface area contributed by atoms with Crippen LogP contribution in [-0.4, -0.2) is 25.1 Å². The third-order valence-electron chi connectivity index (χ3n) is 4.10. The summed E-state index contributed by atoms with van der Waals surface area (Å²) >= 11 is 1.67. The highest BCUT2D eigenvalue weighted by atomic mass is 32.2. The minimum Gasteiger partial charge on any atom is -0.290 e. The van der Waals surface area contributed by atoms with Gasteiger partial charge in [-0.05, 0) is 36.1 Å². The molecule has 0 unspecified atom stereocenters. The number of hydrogen-bond acceptors (Lipinski definition) is 4. The van der Waals surface area contributed by atoms with Gasteiger partial charge in [-0.3, -0.25) is 9.38 Å². The van der Waals surface area contributed by atoms with Crippen LogP contribution >= 0.6 is 11.8 Å². The Balaban J connectivity index is 1.78. The second-order valence-corrected chi connectivity index (χ2v) is 7.29. The van der Waals surface area contributed by atoms with Gasteiger partial charge in [0.1, 0.15) is 29.1 Å². The lowest BCUT2D eigenvalue weighted by Crippen LogP contribution is -2.08. The van der Waals surface area contributed by atoms with Crippen LogP contribution in [0.25, 0.3) is 17.0 Å². The number of halogens is 3. The van der Waals surface area contributed by atoms with E-state index in [-0.39, 0.29) is 5.65 Å². The van der Waals surface area contributed by atoms with Gasteiger partial charge in [-0.15, -0.1) is 11.8 Å². The Bertz CT molecular complexity index is 931. The van der Waals surface area contributed by atoms with Crippen LogP contribution in [0, 0.1) is 0 Å². The first-order chi connectivity index (χ1) is 12.0. The van der Waals surface area contributed by atoms with Gasteiger partial charge in [-0.25, -0.2) is 9.97 Å². The van der Waals surface area contributed by atoms with Crippen molar-refractivity contribution in [2.45, 2.75) is 36.8 Å². The Morgan fingerprint density at radius 2 is 2.04 bits per heavy atom. The lowest BCUT2D eigenvalue weighted by atomic mass is 10.1. The normalized spacial score (nSPS) is 15.0. The quantitative estimate of drug-likeness (QED) is 0.624. The molecule has 0 amide bonds. The number of hydrogen-bond donors (Lipinski definition) is 0. The molecule has 3 heterocycles. The Morgan fingerprint density at radius 3 is 2.72 bits per heavy atom. The summed E-state index contributed by atoms with van der Waals surface area (Å²) in [5.41, 5.74) is 1.74. The zero-order chi connectivity index (χ0) is 17.6. The van der Waals surface area contributed by atoms with E-state index in [2.05, 4.69) is 27.9 Å². The Labute approximate surface area is 146 Å². The molecule has 4 rings (SSSR count). The van der Waals surface area contributed by atoms with Gasteiger partial charge < -0.3 is 0 Å². The van der Waals surface area contributed by atoms with E-state index in [1.54, 1.807) is 18.0 Å². The highest BCUT2D eigenvalue weighted by Gasteiger charge is 2.33. The van der Waals surface area contributed by atoms with E-state index in [1.807, 2.05) is 6.20 Å². The molecule has 0 saturated heterocycles. The molecule has 3 aromatic heterocycles. The number of aromatic nitrogens is 4. The van der Waals surface area contributed by atoms with E-state index >= 15 is 0 Å². The zero-order valence-electron chi connectivity index (χ0n) is 13.4. The number of fused-ring (bicyclic) bond motifs is 1. The van der Waals surface area contributed by atoms with Crippen LogP contribution in [0.2, 0.25) is 0 Å². The van der Waals surface area contributed by atoms with Crippen molar-refractivity contribution in [2.24, 2.45) is 0 Å². The average molecular weight is 364 g/mol. The van der Waals surface area contributed by atoms with Gasteiger partial charge in [0.2, 0.25) is 0 Å². The molecule has 3 aromatic rings. The second-order valence-electron chi connectivity index (χ2n) is 5.99. The predicted molar refractivity (Wildman–Crippen MR) is 89.6 cm³/mol. The fourth-order valence-corrected chi connectivity index (χ4v) is 3.54. The Kier molecular flexibility index (Phi) is 3.94. The highest BCUT2D eigenvalue weighted by molar-refractivity contribution is 7.99. The van der Waals surface area contributed by atoms with Crippen LogP contribution in [-0.2, 0) is 6.18 Å². The summed E-state index contributed by atoms with van der Waals surface area (Å²) in [6.45, 7) is 2.06. The first kappa shape index (κ1) is 16.4. The minimum atomic E-state index is -4.48. The van der Waals surface area contributed by atoms with Crippen LogP contribution in [0.15, 0.2) is 35.7 Å². The van der Waals surface area contributed by atoms with E-state index in [4.69, 9.17) is 0 Å². The molecule has 1 fully saturated rings. The van der Waals surface area contributed by atoms with Gasteiger partial charge in [-0.1, -0.05) is 6.92 Å². The number of imidazole rings is 1. The van der Waals surface area contributed by atoms with E-state index in [0.29, 0.717) is 17.3 Å². The molecule has 0 atom stereocenters. The lowest BCUT2D eigenvalue weighted by molar-refractivity contribution is -0.141. The molecule has 8 heteroatoms. The van der Waals surface area contributed by atoms with Crippen molar-refractivity contribution < 1.29 is 13.2 Å². The molecule has 0 radical (unpaired) electrons. The third kappa shape index (κ3) is 3.22. The Hall–Kier alpha value is -2.09.